The maximum atomic E-state index is 13.1. The second-order valence-electron chi connectivity index (χ2n) is 5.37. The molecule has 0 spiro atoms. The van der Waals surface area contributed by atoms with Crippen LogP contribution in [0.15, 0.2) is 53.4 Å². The molecule has 0 unspecified atom stereocenters. The predicted octanol–water partition coefficient (Wildman–Crippen LogP) is 1.49. The molecule has 3 N–H and O–H groups in total. The number of sulfonamides is 1. The fraction of sp³-hybridized carbons (Fsp3) is 0.176. The Balaban J connectivity index is 1.86. The van der Waals surface area contributed by atoms with Crippen LogP contribution in [0.25, 0.3) is 0 Å². The van der Waals surface area contributed by atoms with Gasteiger partial charge in [-0.3, -0.25) is 9.59 Å². The Hall–Kier alpha value is -2.78. The van der Waals surface area contributed by atoms with Gasteiger partial charge in [-0.15, -0.1) is 0 Å². The number of hydrogen-bond donors (Lipinski definition) is 3. The van der Waals surface area contributed by atoms with E-state index in [-0.39, 0.29) is 29.5 Å². The van der Waals surface area contributed by atoms with Gasteiger partial charge in [0.15, 0.2) is 0 Å². The standard InChI is InChI=1S/C17H18FN3O4S/c1-12(22)21-15-5-7-16(8-6-15)26(24,25)20-10-9-19-17(23)13-3-2-4-14(18)11-13/h2-8,11,20H,9-10H2,1H3,(H,19,23)(H,21,22). The summed E-state index contributed by atoms with van der Waals surface area (Å²) in [6, 6.07) is 10.9. The van der Waals surface area contributed by atoms with Gasteiger partial charge in [-0.25, -0.2) is 17.5 Å². The van der Waals surface area contributed by atoms with Gasteiger partial charge in [0.2, 0.25) is 15.9 Å². The van der Waals surface area contributed by atoms with Gasteiger partial charge in [0.1, 0.15) is 5.82 Å². The minimum absolute atomic E-state index is 0.0306. The molecule has 0 heterocycles. The number of carbonyl (C=O) groups is 2. The van der Waals surface area contributed by atoms with Gasteiger partial charge in [0, 0.05) is 31.3 Å². The maximum Gasteiger partial charge on any atom is 0.251 e. The highest BCUT2D eigenvalue weighted by atomic mass is 32.2. The fourth-order valence-electron chi connectivity index (χ4n) is 2.10. The van der Waals surface area contributed by atoms with Crippen molar-refractivity contribution in [3.63, 3.8) is 0 Å². The van der Waals surface area contributed by atoms with Gasteiger partial charge in [0.25, 0.3) is 5.91 Å². The lowest BCUT2D eigenvalue weighted by Gasteiger charge is -2.09. The molecule has 0 saturated heterocycles. The average Bonchev–Trinajstić information content (AvgIpc) is 2.58. The zero-order chi connectivity index (χ0) is 19.2. The van der Waals surface area contributed by atoms with Crippen molar-refractivity contribution in [2.75, 3.05) is 18.4 Å². The summed E-state index contributed by atoms with van der Waals surface area (Å²) < 4.78 is 39.7. The summed E-state index contributed by atoms with van der Waals surface area (Å²) in [5.41, 5.74) is 0.639. The predicted molar refractivity (Wildman–Crippen MR) is 94.7 cm³/mol. The van der Waals surface area contributed by atoms with Gasteiger partial charge in [0.05, 0.1) is 4.90 Å². The lowest BCUT2D eigenvalue weighted by molar-refractivity contribution is -0.114. The van der Waals surface area contributed by atoms with E-state index in [1.807, 2.05) is 0 Å². The molecule has 2 aromatic rings. The molecular weight excluding hydrogens is 361 g/mol. The average molecular weight is 379 g/mol. The Morgan fingerprint density at radius 3 is 2.35 bits per heavy atom. The van der Waals surface area contributed by atoms with E-state index in [1.54, 1.807) is 0 Å². The third-order valence-corrected chi connectivity index (χ3v) is 4.75. The van der Waals surface area contributed by atoms with Gasteiger partial charge in [-0.05, 0) is 42.5 Å². The summed E-state index contributed by atoms with van der Waals surface area (Å²) >= 11 is 0. The van der Waals surface area contributed by atoms with E-state index in [4.69, 9.17) is 0 Å². The van der Waals surface area contributed by atoms with E-state index >= 15 is 0 Å². The molecule has 0 aromatic heterocycles. The van der Waals surface area contributed by atoms with Crippen molar-refractivity contribution in [3.8, 4) is 0 Å². The summed E-state index contributed by atoms with van der Waals surface area (Å²) in [6.07, 6.45) is 0. The molecule has 7 nitrogen and oxygen atoms in total. The highest BCUT2D eigenvalue weighted by Crippen LogP contribution is 2.13. The number of carbonyl (C=O) groups excluding carboxylic acids is 2. The number of anilines is 1. The Labute approximate surface area is 150 Å². The van der Waals surface area contributed by atoms with Crippen LogP contribution in [0.3, 0.4) is 0 Å². The van der Waals surface area contributed by atoms with E-state index < -0.39 is 21.7 Å². The Kier molecular flexibility index (Phi) is 6.42. The Morgan fingerprint density at radius 2 is 1.73 bits per heavy atom. The first-order valence-corrected chi connectivity index (χ1v) is 9.17. The maximum absolute atomic E-state index is 13.1. The van der Waals surface area contributed by atoms with Crippen LogP contribution in [0, 0.1) is 5.82 Å². The van der Waals surface area contributed by atoms with Gasteiger partial charge < -0.3 is 10.6 Å². The molecule has 0 bridgehead atoms. The summed E-state index contributed by atoms with van der Waals surface area (Å²) in [4.78, 5) is 22.8. The van der Waals surface area contributed by atoms with E-state index in [0.717, 1.165) is 6.07 Å². The van der Waals surface area contributed by atoms with Crippen LogP contribution in [0.1, 0.15) is 17.3 Å². The number of halogens is 1. The second-order valence-corrected chi connectivity index (χ2v) is 7.14. The quantitative estimate of drug-likeness (QED) is 0.634. The molecule has 9 heteroatoms. The molecule has 0 radical (unpaired) electrons. The molecule has 0 aliphatic heterocycles. The Morgan fingerprint density at radius 1 is 1.04 bits per heavy atom. The van der Waals surface area contributed by atoms with Crippen LogP contribution in [0.4, 0.5) is 10.1 Å². The number of hydrogen-bond acceptors (Lipinski definition) is 4. The molecule has 0 saturated carbocycles. The highest BCUT2D eigenvalue weighted by molar-refractivity contribution is 7.89. The van der Waals surface area contributed by atoms with Crippen LogP contribution in [0.2, 0.25) is 0 Å². The molecule has 2 amide bonds. The molecule has 138 valence electrons. The van der Waals surface area contributed by atoms with Crippen molar-refractivity contribution in [3.05, 3.63) is 59.9 Å². The van der Waals surface area contributed by atoms with Crippen LogP contribution >= 0.6 is 0 Å². The smallest absolute Gasteiger partial charge is 0.251 e. The third kappa shape index (κ3) is 5.64. The summed E-state index contributed by atoms with van der Waals surface area (Å²) in [5.74, 6) is -1.28. The van der Waals surface area contributed by atoms with E-state index in [0.29, 0.717) is 5.69 Å². The van der Waals surface area contributed by atoms with Crippen LogP contribution < -0.4 is 15.4 Å². The fourth-order valence-corrected chi connectivity index (χ4v) is 3.13. The highest BCUT2D eigenvalue weighted by Gasteiger charge is 2.13. The first-order valence-electron chi connectivity index (χ1n) is 7.69. The van der Waals surface area contributed by atoms with Gasteiger partial charge >= 0.3 is 0 Å². The van der Waals surface area contributed by atoms with E-state index in [1.165, 1.54) is 49.4 Å². The molecule has 0 aliphatic carbocycles. The number of nitrogens with one attached hydrogen (secondary N) is 3. The van der Waals surface area contributed by atoms with Gasteiger partial charge in [-0.1, -0.05) is 6.07 Å². The zero-order valence-electron chi connectivity index (χ0n) is 14.0. The lowest BCUT2D eigenvalue weighted by Crippen LogP contribution is -2.34. The van der Waals surface area contributed by atoms with Crippen molar-refractivity contribution >= 4 is 27.5 Å². The monoisotopic (exact) mass is 379 g/mol. The molecule has 0 aliphatic rings. The zero-order valence-corrected chi connectivity index (χ0v) is 14.8. The number of rotatable bonds is 7. The second kappa shape index (κ2) is 8.54. The molecule has 2 rings (SSSR count). The molecule has 0 fully saturated rings. The van der Waals surface area contributed by atoms with Crippen molar-refractivity contribution < 1.29 is 22.4 Å². The summed E-state index contributed by atoms with van der Waals surface area (Å²) in [6.45, 7) is 1.36. The lowest BCUT2D eigenvalue weighted by atomic mass is 10.2. The first-order chi connectivity index (χ1) is 12.3. The van der Waals surface area contributed by atoms with Crippen molar-refractivity contribution in [2.24, 2.45) is 0 Å². The Bertz CT molecular complexity index is 898. The normalized spacial score (nSPS) is 11.0. The third-order valence-electron chi connectivity index (χ3n) is 3.27. The minimum atomic E-state index is -3.75. The summed E-state index contributed by atoms with van der Waals surface area (Å²) in [5, 5.41) is 5.04. The van der Waals surface area contributed by atoms with Crippen LogP contribution in [-0.4, -0.2) is 33.3 Å². The molecule has 26 heavy (non-hydrogen) atoms. The van der Waals surface area contributed by atoms with Crippen molar-refractivity contribution in [2.45, 2.75) is 11.8 Å². The van der Waals surface area contributed by atoms with E-state index in [9.17, 15) is 22.4 Å². The van der Waals surface area contributed by atoms with Crippen molar-refractivity contribution in [1.82, 2.24) is 10.0 Å². The summed E-state index contributed by atoms with van der Waals surface area (Å²) in [7, 11) is -3.75. The SMILES string of the molecule is CC(=O)Nc1ccc(S(=O)(=O)NCCNC(=O)c2cccc(F)c2)cc1. The minimum Gasteiger partial charge on any atom is -0.351 e. The topological polar surface area (TPSA) is 104 Å². The first kappa shape index (κ1) is 19.5. The van der Waals surface area contributed by atoms with Crippen LogP contribution in [-0.2, 0) is 14.8 Å². The van der Waals surface area contributed by atoms with Crippen LogP contribution in [0.5, 0.6) is 0 Å². The largest absolute Gasteiger partial charge is 0.351 e. The van der Waals surface area contributed by atoms with Gasteiger partial charge in [-0.2, -0.15) is 0 Å². The number of benzene rings is 2. The van der Waals surface area contributed by atoms with Crippen molar-refractivity contribution in [1.29, 1.82) is 0 Å². The molecule has 2 aromatic carbocycles. The number of amides is 2. The molecule has 0 atom stereocenters. The van der Waals surface area contributed by atoms with E-state index in [2.05, 4.69) is 15.4 Å². The molecular formula is C17H18FN3O4S.